The molecule has 40 heavy (non-hydrogen) atoms. The normalized spacial score (nSPS) is 17.8. The van der Waals surface area contributed by atoms with Gasteiger partial charge in [0.1, 0.15) is 11.9 Å². The van der Waals surface area contributed by atoms with E-state index < -0.39 is 6.03 Å². The van der Waals surface area contributed by atoms with Gasteiger partial charge >= 0.3 is 6.03 Å². The fourth-order valence-electron chi connectivity index (χ4n) is 4.79. The number of hydrogen-bond donors (Lipinski definition) is 3. The summed E-state index contributed by atoms with van der Waals surface area (Å²) in [5, 5.41) is 15.6. The van der Waals surface area contributed by atoms with Gasteiger partial charge in [-0.15, -0.1) is 0 Å². The summed E-state index contributed by atoms with van der Waals surface area (Å²) in [5.41, 5.74) is 2.50. The molecule has 3 aromatic rings. The molecule has 3 N–H and O–H groups in total. The Bertz CT molecular complexity index is 1280. The van der Waals surface area contributed by atoms with Gasteiger partial charge in [-0.2, -0.15) is 0 Å². The molecule has 0 aliphatic carbocycles. The van der Waals surface area contributed by atoms with Gasteiger partial charge in [0.2, 0.25) is 0 Å². The van der Waals surface area contributed by atoms with Crippen molar-refractivity contribution in [2.24, 2.45) is 5.92 Å². The fraction of sp³-hybridized carbons (Fsp3) is 0.355. The highest BCUT2D eigenvalue weighted by Crippen LogP contribution is 2.35. The van der Waals surface area contributed by atoms with E-state index >= 15 is 0 Å². The summed E-state index contributed by atoms with van der Waals surface area (Å²) in [6, 6.07) is 21.5. The molecule has 4 rings (SSSR count). The minimum atomic E-state index is -0.469. The second kappa shape index (κ2) is 13.3. The Labute approximate surface area is 235 Å². The van der Waals surface area contributed by atoms with Gasteiger partial charge in [0.25, 0.3) is 5.91 Å². The quantitative estimate of drug-likeness (QED) is 0.360. The maximum atomic E-state index is 13.7. The molecular formula is C31H38N4O5. The van der Waals surface area contributed by atoms with Gasteiger partial charge in [-0.3, -0.25) is 9.69 Å². The molecule has 9 heteroatoms. The first kappa shape index (κ1) is 28.9. The number of likely N-dealkylation sites (N-methyl/N-ethyl adjacent to an activating group) is 1. The van der Waals surface area contributed by atoms with Gasteiger partial charge in [0.05, 0.1) is 31.0 Å². The number of anilines is 2. The summed E-state index contributed by atoms with van der Waals surface area (Å²) in [7, 11) is 3.62. The zero-order chi connectivity index (χ0) is 28.6. The molecule has 212 valence electrons. The average molecular weight is 547 g/mol. The molecule has 9 nitrogen and oxygen atoms in total. The van der Waals surface area contributed by atoms with Crippen LogP contribution in [0.25, 0.3) is 0 Å². The van der Waals surface area contributed by atoms with Crippen molar-refractivity contribution in [2.45, 2.75) is 32.5 Å². The number of rotatable bonds is 9. The third-order valence-corrected chi connectivity index (χ3v) is 7.07. The molecular weight excluding hydrogens is 508 g/mol. The van der Waals surface area contributed by atoms with E-state index in [4.69, 9.17) is 9.47 Å². The van der Waals surface area contributed by atoms with Gasteiger partial charge in [0.15, 0.2) is 5.75 Å². The number of amides is 3. The molecule has 0 saturated heterocycles. The lowest BCUT2D eigenvalue weighted by Crippen LogP contribution is -2.49. The average Bonchev–Trinajstić information content (AvgIpc) is 2.95. The van der Waals surface area contributed by atoms with E-state index in [0.717, 1.165) is 6.54 Å². The molecule has 0 bridgehead atoms. The lowest BCUT2D eigenvalue weighted by molar-refractivity contribution is 0.0343. The van der Waals surface area contributed by atoms with Crippen LogP contribution in [0.3, 0.4) is 0 Å². The molecule has 1 aliphatic heterocycles. The van der Waals surface area contributed by atoms with Crippen LogP contribution >= 0.6 is 0 Å². The lowest BCUT2D eigenvalue weighted by atomic mass is 9.99. The zero-order valence-electron chi connectivity index (χ0n) is 23.5. The van der Waals surface area contributed by atoms with E-state index in [1.54, 1.807) is 54.5 Å². The third kappa shape index (κ3) is 7.11. The SMILES string of the molecule is COc1ccc(NC(=O)Nc2cccc3c2O[C@@H](CN(C)Cc2ccccc2)[C@H](C)CN([C@@H](C)CO)C3=O)cc1. The van der Waals surface area contributed by atoms with Crippen LogP contribution in [-0.2, 0) is 6.54 Å². The molecule has 0 radical (unpaired) electrons. The van der Waals surface area contributed by atoms with Crippen LogP contribution in [0, 0.1) is 5.92 Å². The van der Waals surface area contributed by atoms with Gasteiger partial charge in [-0.25, -0.2) is 4.79 Å². The number of benzene rings is 3. The summed E-state index contributed by atoms with van der Waals surface area (Å²) in [6.07, 6.45) is -0.290. The number of methoxy groups -OCH3 is 1. The minimum Gasteiger partial charge on any atom is -0.497 e. The summed E-state index contributed by atoms with van der Waals surface area (Å²) >= 11 is 0. The van der Waals surface area contributed by atoms with Crippen LogP contribution in [0.2, 0.25) is 0 Å². The molecule has 3 aromatic carbocycles. The monoisotopic (exact) mass is 546 g/mol. The van der Waals surface area contributed by atoms with Crippen LogP contribution in [0.4, 0.5) is 16.2 Å². The van der Waals surface area contributed by atoms with E-state index in [0.29, 0.717) is 41.5 Å². The molecule has 0 aromatic heterocycles. The van der Waals surface area contributed by atoms with Crippen molar-refractivity contribution in [3.63, 3.8) is 0 Å². The van der Waals surface area contributed by atoms with Crippen molar-refractivity contribution < 1.29 is 24.2 Å². The van der Waals surface area contributed by atoms with Crippen molar-refractivity contribution in [1.82, 2.24) is 9.80 Å². The van der Waals surface area contributed by atoms with Crippen molar-refractivity contribution in [1.29, 1.82) is 0 Å². The number of carbonyl (C=O) groups excluding carboxylic acids is 2. The van der Waals surface area contributed by atoms with Crippen LogP contribution in [-0.4, -0.2) is 72.8 Å². The van der Waals surface area contributed by atoms with Gasteiger partial charge in [-0.05, 0) is 55.9 Å². The molecule has 3 amide bonds. The number of urea groups is 1. The fourth-order valence-corrected chi connectivity index (χ4v) is 4.79. The van der Waals surface area contributed by atoms with Crippen molar-refractivity contribution >= 4 is 23.3 Å². The van der Waals surface area contributed by atoms with Crippen LogP contribution in [0.5, 0.6) is 11.5 Å². The molecule has 0 saturated carbocycles. The molecule has 3 atom stereocenters. The largest absolute Gasteiger partial charge is 0.497 e. The zero-order valence-corrected chi connectivity index (χ0v) is 23.5. The molecule has 0 unspecified atom stereocenters. The first-order valence-corrected chi connectivity index (χ1v) is 13.4. The first-order chi connectivity index (χ1) is 19.3. The highest BCUT2D eigenvalue weighted by Gasteiger charge is 2.34. The number of aliphatic hydroxyl groups is 1. The van der Waals surface area contributed by atoms with E-state index in [9.17, 15) is 14.7 Å². The summed E-state index contributed by atoms with van der Waals surface area (Å²) < 4.78 is 11.8. The number of para-hydroxylation sites is 1. The number of fused-ring (bicyclic) bond motifs is 1. The maximum Gasteiger partial charge on any atom is 0.323 e. The number of aliphatic hydroxyl groups excluding tert-OH is 1. The Balaban J connectivity index is 1.61. The highest BCUT2D eigenvalue weighted by atomic mass is 16.5. The predicted octanol–water partition coefficient (Wildman–Crippen LogP) is 4.69. The Kier molecular flexibility index (Phi) is 9.63. The molecule has 1 heterocycles. The van der Waals surface area contributed by atoms with Crippen molar-refractivity contribution in [3.8, 4) is 11.5 Å². The Hall–Kier alpha value is -4.08. The summed E-state index contributed by atoms with van der Waals surface area (Å²) in [5.74, 6) is 0.697. The standard InChI is InChI=1S/C31H38N4O5/c1-21-17-35(22(2)20-36)30(37)26-11-8-12-27(33-31(38)32-24-13-15-25(39-4)16-14-24)29(26)40-28(21)19-34(3)18-23-9-6-5-7-10-23/h5-16,21-22,28,36H,17-20H2,1-4H3,(H2,32,33,38)/t21-,22+,28+/m1/s1. The number of nitrogens with one attached hydrogen (secondary N) is 2. The maximum absolute atomic E-state index is 13.7. The number of hydrogen-bond acceptors (Lipinski definition) is 6. The van der Waals surface area contributed by atoms with E-state index in [-0.39, 0.29) is 30.6 Å². The molecule has 0 fully saturated rings. The Morgan fingerprint density at radius 2 is 1.82 bits per heavy atom. The van der Waals surface area contributed by atoms with Gasteiger partial charge < -0.3 is 30.1 Å². The topological polar surface area (TPSA) is 103 Å². The Morgan fingerprint density at radius 3 is 2.50 bits per heavy atom. The van der Waals surface area contributed by atoms with Gasteiger partial charge in [-0.1, -0.05) is 43.3 Å². The van der Waals surface area contributed by atoms with Crippen molar-refractivity contribution in [2.75, 3.05) is 44.5 Å². The van der Waals surface area contributed by atoms with Crippen LogP contribution in [0.1, 0.15) is 29.8 Å². The Morgan fingerprint density at radius 1 is 1.10 bits per heavy atom. The van der Waals surface area contributed by atoms with Crippen LogP contribution < -0.4 is 20.1 Å². The third-order valence-electron chi connectivity index (χ3n) is 7.07. The van der Waals surface area contributed by atoms with E-state index in [1.807, 2.05) is 39.1 Å². The number of nitrogens with zero attached hydrogens (tertiary/aromatic N) is 2. The lowest BCUT2D eigenvalue weighted by Gasteiger charge is -2.38. The first-order valence-electron chi connectivity index (χ1n) is 13.4. The van der Waals surface area contributed by atoms with E-state index in [1.165, 1.54) is 5.56 Å². The van der Waals surface area contributed by atoms with E-state index in [2.05, 4.69) is 27.7 Å². The number of ether oxygens (including phenoxy) is 2. The summed E-state index contributed by atoms with van der Waals surface area (Å²) in [6.45, 7) is 5.48. The van der Waals surface area contributed by atoms with Crippen LogP contribution in [0.15, 0.2) is 72.8 Å². The van der Waals surface area contributed by atoms with Crippen molar-refractivity contribution in [3.05, 3.63) is 83.9 Å². The second-order valence-corrected chi connectivity index (χ2v) is 10.3. The predicted molar refractivity (Wildman–Crippen MR) is 156 cm³/mol. The van der Waals surface area contributed by atoms with Gasteiger partial charge in [0, 0.05) is 31.2 Å². The molecule has 1 aliphatic rings. The second-order valence-electron chi connectivity index (χ2n) is 10.3. The summed E-state index contributed by atoms with van der Waals surface area (Å²) in [4.78, 5) is 30.5. The highest BCUT2D eigenvalue weighted by molar-refractivity contribution is 6.04. The minimum absolute atomic E-state index is 0.0505. The number of carbonyl (C=O) groups is 2. The molecule has 0 spiro atoms. The smallest absolute Gasteiger partial charge is 0.323 e.